The Balaban J connectivity index is 1.41. The van der Waals surface area contributed by atoms with Crippen molar-refractivity contribution in [2.24, 2.45) is 4.99 Å². The van der Waals surface area contributed by atoms with Crippen molar-refractivity contribution in [3.8, 4) is 17.1 Å². The van der Waals surface area contributed by atoms with Crippen LogP contribution in [0.1, 0.15) is 11.3 Å². The number of amidine groups is 1. The molecule has 3 aromatic rings. The number of halogens is 1. The fourth-order valence-corrected chi connectivity index (χ4v) is 3.82. The molecule has 1 amide bonds. The van der Waals surface area contributed by atoms with E-state index in [4.69, 9.17) is 16.0 Å². The fraction of sp³-hybridized carbons (Fsp3) is 0.0909. The Morgan fingerprint density at radius 3 is 2.76 bits per heavy atom. The maximum Gasteiger partial charge on any atom is 0.264 e. The number of phenols is 1. The Bertz CT molecular complexity index is 1100. The lowest BCUT2D eigenvalue weighted by Gasteiger charge is -1.99. The van der Waals surface area contributed by atoms with E-state index in [1.54, 1.807) is 24.3 Å². The van der Waals surface area contributed by atoms with Crippen LogP contribution in [0.15, 0.2) is 75.0 Å². The number of aromatic hydroxyl groups is 1. The number of nitrogens with zero attached hydrogens (tertiary/aromatic N) is 1. The summed E-state index contributed by atoms with van der Waals surface area (Å²) in [7, 11) is 0. The van der Waals surface area contributed by atoms with Crippen LogP contribution < -0.4 is 5.32 Å². The molecule has 0 spiro atoms. The molecule has 7 heteroatoms. The number of hydrogen-bond acceptors (Lipinski definition) is 5. The van der Waals surface area contributed by atoms with Crippen LogP contribution in [0.5, 0.6) is 5.75 Å². The first-order valence-electron chi connectivity index (χ1n) is 8.96. The minimum absolute atomic E-state index is 0.195. The molecule has 5 nitrogen and oxygen atoms in total. The maximum absolute atomic E-state index is 12.2. The van der Waals surface area contributed by atoms with Crippen LogP contribution in [0.2, 0.25) is 5.02 Å². The fourth-order valence-electron chi connectivity index (χ4n) is 2.81. The summed E-state index contributed by atoms with van der Waals surface area (Å²) in [6.45, 7) is 0.542. The van der Waals surface area contributed by atoms with Crippen molar-refractivity contribution in [2.45, 2.75) is 6.42 Å². The SMILES string of the molecule is O=C1NC(=NCCc2ccc(O)cc2)S/C1=C\c1ccc(-c2cccc(Cl)c2)o1. The third-order valence-electron chi connectivity index (χ3n) is 4.25. The highest BCUT2D eigenvalue weighted by molar-refractivity contribution is 8.18. The standard InChI is InChI=1S/C22H17ClN2O3S/c23-16-3-1-2-15(12-16)19-9-8-18(28-19)13-20-21(27)25-22(29-20)24-11-10-14-4-6-17(26)7-5-14/h1-9,12-13,26H,10-11H2,(H,24,25,27)/b20-13-. The summed E-state index contributed by atoms with van der Waals surface area (Å²) in [6.07, 6.45) is 2.43. The van der Waals surface area contributed by atoms with Gasteiger partial charge in [-0.3, -0.25) is 9.79 Å². The zero-order valence-corrected chi connectivity index (χ0v) is 16.8. The second-order valence-electron chi connectivity index (χ2n) is 6.38. The minimum Gasteiger partial charge on any atom is -0.508 e. The number of aliphatic imine (C=N–C) groups is 1. The van der Waals surface area contributed by atoms with Crippen molar-refractivity contribution >= 4 is 40.5 Å². The number of phenolic OH excluding ortho intramolecular Hbond substituents is 1. The van der Waals surface area contributed by atoms with E-state index in [0.717, 1.165) is 17.5 Å². The number of amides is 1. The molecule has 29 heavy (non-hydrogen) atoms. The van der Waals surface area contributed by atoms with Crippen molar-refractivity contribution < 1.29 is 14.3 Å². The largest absolute Gasteiger partial charge is 0.508 e. The van der Waals surface area contributed by atoms with Crippen LogP contribution >= 0.6 is 23.4 Å². The molecule has 2 heterocycles. The van der Waals surface area contributed by atoms with Crippen LogP contribution in [0.4, 0.5) is 0 Å². The molecule has 0 unspecified atom stereocenters. The molecular weight excluding hydrogens is 408 g/mol. The van der Waals surface area contributed by atoms with Crippen LogP contribution in [0, 0.1) is 0 Å². The monoisotopic (exact) mass is 424 g/mol. The number of carbonyl (C=O) groups is 1. The summed E-state index contributed by atoms with van der Waals surface area (Å²) >= 11 is 7.32. The quantitative estimate of drug-likeness (QED) is 0.558. The Hall–Kier alpha value is -2.96. The number of hydrogen-bond donors (Lipinski definition) is 2. The normalized spacial score (nSPS) is 16.5. The molecule has 146 valence electrons. The predicted octanol–water partition coefficient (Wildman–Crippen LogP) is 5.11. The molecule has 1 aromatic heterocycles. The molecule has 1 aliphatic rings. The van der Waals surface area contributed by atoms with Gasteiger partial charge in [-0.1, -0.05) is 35.9 Å². The van der Waals surface area contributed by atoms with Gasteiger partial charge in [0, 0.05) is 23.2 Å². The molecule has 1 aliphatic heterocycles. The predicted molar refractivity (Wildman–Crippen MR) is 117 cm³/mol. The van der Waals surface area contributed by atoms with Crippen LogP contribution in [0.25, 0.3) is 17.4 Å². The highest BCUT2D eigenvalue weighted by Crippen LogP contribution is 2.29. The lowest BCUT2D eigenvalue weighted by atomic mass is 10.1. The van der Waals surface area contributed by atoms with E-state index < -0.39 is 0 Å². The van der Waals surface area contributed by atoms with Gasteiger partial charge in [-0.15, -0.1) is 0 Å². The maximum atomic E-state index is 12.2. The number of carbonyl (C=O) groups excluding carboxylic acids is 1. The van der Waals surface area contributed by atoms with E-state index in [9.17, 15) is 9.90 Å². The Kier molecular flexibility index (Phi) is 5.74. The minimum atomic E-state index is -0.195. The summed E-state index contributed by atoms with van der Waals surface area (Å²) in [6, 6.07) is 18.1. The second-order valence-corrected chi connectivity index (χ2v) is 7.85. The van der Waals surface area contributed by atoms with Crippen LogP contribution in [-0.4, -0.2) is 22.7 Å². The van der Waals surface area contributed by atoms with Crippen molar-refractivity contribution in [1.82, 2.24) is 5.32 Å². The van der Waals surface area contributed by atoms with Crippen LogP contribution in [0.3, 0.4) is 0 Å². The Morgan fingerprint density at radius 2 is 1.97 bits per heavy atom. The zero-order chi connectivity index (χ0) is 20.2. The van der Waals surface area contributed by atoms with Crippen molar-refractivity contribution in [2.75, 3.05) is 6.54 Å². The molecule has 2 N–H and O–H groups in total. The summed E-state index contributed by atoms with van der Waals surface area (Å²) in [4.78, 5) is 17.2. The van der Waals surface area contributed by atoms with Gasteiger partial charge < -0.3 is 14.8 Å². The summed E-state index contributed by atoms with van der Waals surface area (Å²) in [5.74, 6) is 1.32. The Labute approximate surface area is 177 Å². The van der Waals surface area contributed by atoms with Gasteiger partial charge in [-0.2, -0.15) is 0 Å². The molecule has 1 fully saturated rings. The smallest absolute Gasteiger partial charge is 0.264 e. The lowest BCUT2D eigenvalue weighted by Crippen LogP contribution is -2.20. The molecule has 0 radical (unpaired) electrons. The van der Waals surface area contributed by atoms with Gasteiger partial charge in [0.2, 0.25) is 0 Å². The van der Waals surface area contributed by atoms with E-state index in [0.29, 0.717) is 33.2 Å². The third-order valence-corrected chi connectivity index (χ3v) is 5.44. The van der Waals surface area contributed by atoms with Crippen molar-refractivity contribution in [3.63, 3.8) is 0 Å². The number of furan rings is 1. The van der Waals surface area contributed by atoms with Gasteiger partial charge in [0.1, 0.15) is 17.3 Å². The van der Waals surface area contributed by atoms with Crippen LogP contribution in [-0.2, 0) is 11.2 Å². The van der Waals surface area contributed by atoms with E-state index in [1.165, 1.54) is 11.8 Å². The summed E-state index contributed by atoms with van der Waals surface area (Å²) < 4.78 is 5.83. The Morgan fingerprint density at radius 1 is 1.14 bits per heavy atom. The molecule has 0 aliphatic carbocycles. The lowest BCUT2D eigenvalue weighted by molar-refractivity contribution is -0.115. The number of nitrogens with one attached hydrogen (secondary N) is 1. The average Bonchev–Trinajstić information content (AvgIpc) is 3.31. The second kappa shape index (κ2) is 8.59. The molecule has 2 aromatic carbocycles. The van der Waals surface area contributed by atoms with Crippen molar-refractivity contribution in [1.29, 1.82) is 0 Å². The molecule has 0 saturated carbocycles. The number of thioether (sulfide) groups is 1. The highest BCUT2D eigenvalue weighted by atomic mass is 35.5. The topological polar surface area (TPSA) is 74.8 Å². The molecular formula is C22H17ClN2O3S. The highest BCUT2D eigenvalue weighted by Gasteiger charge is 2.24. The first kappa shape index (κ1) is 19.4. The van der Waals surface area contributed by atoms with E-state index in [2.05, 4.69) is 10.3 Å². The number of rotatable bonds is 5. The molecule has 1 saturated heterocycles. The first-order chi connectivity index (χ1) is 14.1. The summed E-state index contributed by atoms with van der Waals surface area (Å²) in [5, 5.41) is 13.3. The van der Waals surface area contributed by atoms with Crippen molar-refractivity contribution in [3.05, 3.63) is 81.9 Å². The van der Waals surface area contributed by atoms with Gasteiger partial charge >= 0.3 is 0 Å². The summed E-state index contributed by atoms with van der Waals surface area (Å²) in [5.41, 5.74) is 1.95. The van der Waals surface area contributed by atoms with E-state index in [-0.39, 0.29) is 11.7 Å². The molecule has 0 bridgehead atoms. The van der Waals surface area contributed by atoms with Gasteiger partial charge in [0.25, 0.3) is 5.91 Å². The molecule has 0 atom stereocenters. The zero-order valence-electron chi connectivity index (χ0n) is 15.3. The molecule has 4 rings (SSSR count). The number of benzene rings is 2. The van der Waals surface area contributed by atoms with Gasteiger partial charge in [0.05, 0.1) is 4.91 Å². The third kappa shape index (κ3) is 4.91. The average molecular weight is 425 g/mol. The van der Waals surface area contributed by atoms with Gasteiger partial charge in [-0.05, 0) is 60.1 Å². The first-order valence-corrected chi connectivity index (χ1v) is 10.2. The van der Waals surface area contributed by atoms with Gasteiger partial charge in [-0.25, -0.2) is 0 Å². The van der Waals surface area contributed by atoms with E-state index >= 15 is 0 Å². The van der Waals surface area contributed by atoms with Gasteiger partial charge in [0.15, 0.2) is 5.17 Å². The van der Waals surface area contributed by atoms with E-state index in [1.807, 2.05) is 42.5 Å².